The van der Waals surface area contributed by atoms with E-state index in [2.05, 4.69) is 28.2 Å². The molecule has 0 unspecified atom stereocenters. The molecule has 4 aromatic carbocycles. The van der Waals surface area contributed by atoms with E-state index in [1.54, 1.807) is 12.1 Å². The van der Waals surface area contributed by atoms with Crippen LogP contribution in [0.4, 0.5) is 5.69 Å². The normalized spacial score (nSPS) is 27.4. The molecule has 0 aromatic heterocycles. The zero-order valence-corrected chi connectivity index (χ0v) is 46.4. The van der Waals surface area contributed by atoms with Crippen molar-refractivity contribution in [3.05, 3.63) is 102 Å². The van der Waals surface area contributed by atoms with Crippen molar-refractivity contribution < 1.29 is 84.3 Å². The lowest BCUT2D eigenvalue weighted by Gasteiger charge is -2.33. The number of ketones is 1. The lowest BCUT2D eigenvalue weighted by Crippen LogP contribution is -2.61. The van der Waals surface area contributed by atoms with Gasteiger partial charge in [-0.05, 0) is 84.5 Å². The lowest BCUT2D eigenvalue weighted by molar-refractivity contribution is -0.149. The maximum absolute atomic E-state index is 14.5. The molecular formula is C59H75N7O17. The Morgan fingerprint density at radius 3 is 1.83 bits per heavy atom. The van der Waals surface area contributed by atoms with Gasteiger partial charge in [0.1, 0.15) is 47.9 Å². The zero-order valence-electron chi connectivity index (χ0n) is 46.4. The number of carbonyl (C=O) groups is 7. The van der Waals surface area contributed by atoms with Crippen LogP contribution in [0.15, 0.2) is 91.0 Å². The summed E-state index contributed by atoms with van der Waals surface area (Å²) in [5, 5.41) is 110. The number of phenols is 1. The first-order chi connectivity index (χ1) is 39.4. The average Bonchev–Trinajstić information content (AvgIpc) is 4.03. The Hall–Kier alpha value is -7.55. The van der Waals surface area contributed by atoms with E-state index >= 15 is 0 Å². The van der Waals surface area contributed by atoms with Crippen molar-refractivity contribution in [2.45, 2.75) is 145 Å². The van der Waals surface area contributed by atoms with Crippen molar-refractivity contribution in [1.29, 1.82) is 0 Å². The van der Waals surface area contributed by atoms with Crippen LogP contribution in [0.1, 0.15) is 88.2 Å². The molecule has 24 heteroatoms. The van der Waals surface area contributed by atoms with Crippen molar-refractivity contribution in [2.24, 2.45) is 11.8 Å². The molecule has 0 radical (unpaired) electrons. The van der Waals surface area contributed by atoms with Crippen molar-refractivity contribution in [1.82, 2.24) is 31.1 Å². The summed E-state index contributed by atoms with van der Waals surface area (Å²) in [6.45, 7) is 5.52. The second-order valence-electron chi connectivity index (χ2n) is 21.8. The molecule has 7 rings (SSSR count). The number of hydrogen-bond donors (Lipinski definition) is 14. The minimum atomic E-state index is -2.29. The summed E-state index contributed by atoms with van der Waals surface area (Å²) >= 11 is 0. The van der Waals surface area contributed by atoms with E-state index in [0.717, 1.165) is 83.5 Å². The predicted molar refractivity (Wildman–Crippen MR) is 299 cm³/mol. The minimum Gasteiger partial charge on any atom is -0.506 e. The smallest absolute Gasteiger partial charge is 0.251 e. The van der Waals surface area contributed by atoms with Crippen LogP contribution in [-0.4, -0.2) is 190 Å². The Kier molecular flexibility index (Phi) is 21.0. The Bertz CT molecular complexity index is 2950. The molecule has 83 heavy (non-hydrogen) atoms. The van der Waals surface area contributed by atoms with E-state index in [0.29, 0.717) is 12.2 Å². The van der Waals surface area contributed by atoms with Crippen LogP contribution < -0.4 is 31.7 Å². The lowest BCUT2D eigenvalue weighted by atomic mass is 9.86. The molecule has 3 saturated heterocycles. The molecule has 4 aromatic rings. The molecule has 0 aliphatic carbocycles. The number of aliphatic hydroxyl groups is 8. The Morgan fingerprint density at radius 2 is 1.27 bits per heavy atom. The van der Waals surface area contributed by atoms with Gasteiger partial charge in [0.15, 0.2) is 12.0 Å². The number of Topliss-reactive ketones (excluding diaryl/α,β-unsaturated/α-hetero) is 1. The van der Waals surface area contributed by atoms with Gasteiger partial charge in [-0.1, -0.05) is 81.3 Å². The van der Waals surface area contributed by atoms with Crippen molar-refractivity contribution in [3.8, 4) is 33.8 Å². The number of hydrogen-bond acceptors (Lipinski definition) is 18. The molecule has 3 fully saturated rings. The number of carbonyl (C=O) groups excluding carboxylic acids is 7. The van der Waals surface area contributed by atoms with Gasteiger partial charge in [-0.15, -0.1) is 0 Å². The summed E-state index contributed by atoms with van der Waals surface area (Å²) < 4.78 is 5.84. The second-order valence-corrected chi connectivity index (χ2v) is 21.8. The minimum absolute atomic E-state index is 0.0112. The van der Waals surface area contributed by atoms with E-state index in [4.69, 9.17) is 10.5 Å². The molecular weight excluding hydrogens is 1080 g/mol. The Balaban J connectivity index is 1.18. The highest BCUT2D eigenvalue weighted by molar-refractivity contribution is 6.00. The van der Waals surface area contributed by atoms with Gasteiger partial charge < -0.3 is 87.5 Å². The SMILES string of the molecule is CCCCCOc1ccc(-c2ccc(-c3ccc(C(=O)N[C@H]4C[C@@H](O)[C@@H](O)NC(=O)[C@@H]5[C@@H](O)[C@@H](C)CN5C(=O)[C@H]([C@@H](C)O)NC(=O)[C@H]([C@H](O)[C@@H](O)c5ccc(O)c(N)c5)CC(=O)[C@@H]5C[C@@H](O)CN5C(=O)[C@H]([C@@H](C)O)NC4=O)cc3)cc2)cc1. The summed E-state index contributed by atoms with van der Waals surface area (Å²) in [7, 11) is 0. The van der Waals surface area contributed by atoms with E-state index in [1.807, 2.05) is 48.5 Å². The number of nitrogens with two attached hydrogens (primary N) is 1. The first-order valence-corrected chi connectivity index (χ1v) is 27.7. The fraction of sp³-hybridized carbons (Fsp3) is 0.475. The number of rotatable bonds is 14. The number of amides is 6. The molecule has 6 amide bonds. The number of nitrogens with zero attached hydrogens (tertiary/aromatic N) is 2. The number of nitrogens with one attached hydrogen (secondary N) is 4. The van der Waals surface area contributed by atoms with Crippen molar-refractivity contribution in [2.75, 3.05) is 25.4 Å². The molecule has 0 spiro atoms. The summed E-state index contributed by atoms with van der Waals surface area (Å²) in [6.07, 6.45) is -14.5. The molecule has 15 N–H and O–H groups in total. The number of anilines is 1. The van der Waals surface area contributed by atoms with Gasteiger partial charge in [-0.3, -0.25) is 33.6 Å². The van der Waals surface area contributed by atoms with Crippen LogP contribution in [-0.2, 0) is 28.8 Å². The summed E-state index contributed by atoms with van der Waals surface area (Å²) in [6, 6.07) is 15.8. The molecule has 3 aliphatic heterocycles. The number of phenolic OH excluding ortho intramolecular Hbond substituents is 1. The van der Waals surface area contributed by atoms with E-state index < -0.39 is 164 Å². The van der Waals surface area contributed by atoms with Crippen LogP contribution in [0.5, 0.6) is 11.5 Å². The van der Waals surface area contributed by atoms with Gasteiger partial charge in [0, 0.05) is 43.8 Å². The highest BCUT2D eigenvalue weighted by Crippen LogP contribution is 2.33. The molecule has 448 valence electrons. The fourth-order valence-electron chi connectivity index (χ4n) is 10.6. The summed E-state index contributed by atoms with van der Waals surface area (Å²) in [5.41, 5.74) is 8.91. The number of ether oxygens (including phenoxy) is 1. The number of unbranched alkanes of at least 4 members (excludes halogenated alkanes) is 2. The number of aliphatic hydroxyl groups excluding tert-OH is 8. The van der Waals surface area contributed by atoms with Gasteiger partial charge in [0.05, 0.1) is 54.8 Å². The zero-order chi connectivity index (χ0) is 60.6. The van der Waals surface area contributed by atoms with Crippen molar-refractivity contribution >= 4 is 46.9 Å². The number of aromatic hydroxyl groups is 1. The third-order valence-electron chi connectivity index (χ3n) is 15.5. The maximum atomic E-state index is 14.5. The summed E-state index contributed by atoms with van der Waals surface area (Å²) in [5.74, 6) is -10.5. The standard InChI is InChI=1S/C59H75N7O17/c1-5-6-7-22-83-39-19-16-35(17-20-39)33-10-8-32(9-11-33)34-12-14-36(15-13-34)53(76)61-42-26-46(72)56(79)64-57(80)49-50(73)29(2)27-66(49)59(82)48(31(4)68)62-54(77)40(52(75)51(74)37-18-21-44(70)41(60)23-37)25-45(71)43-24-38(69)28-65(43)58(81)47(30(3)67)63-55(42)78/h8-21,23,29-31,38,40,42-43,46-52,56,67-70,72-75,79H,5-7,22,24-28,60H2,1-4H3,(H,61,76)(H,62,77)(H,63,78)(H,64,80)/t29-,30+,31+,38+,40-,42-,43-,46+,47-,48-,49-,50-,51-,52-,56+/m0/s1. The van der Waals surface area contributed by atoms with Crippen LogP contribution in [0.2, 0.25) is 0 Å². The van der Waals surface area contributed by atoms with E-state index in [1.165, 1.54) is 19.1 Å². The second kappa shape index (κ2) is 27.7. The quantitative estimate of drug-likeness (QED) is 0.0440. The number of benzene rings is 4. The fourth-order valence-corrected chi connectivity index (χ4v) is 10.6. The number of fused-ring (bicyclic) bond motifs is 2. The molecule has 0 saturated carbocycles. The predicted octanol–water partition coefficient (Wildman–Crippen LogP) is -0.254. The third-order valence-corrected chi connectivity index (χ3v) is 15.5. The highest BCUT2D eigenvalue weighted by Gasteiger charge is 2.50. The first-order valence-electron chi connectivity index (χ1n) is 27.7. The molecule has 3 aliphatic rings. The van der Waals surface area contributed by atoms with Gasteiger partial charge in [-0.25, -0.2) is 0 Å². The van der Waals surface area contributed by atoms with Crippen LogP contribution in [0.25, 0.3) is 22.3 Å². The first kappa shape index (κ1) is 63.0. The van der Waals surface area contributed by atoms with Crippen LogP contribution in [0, 0.1) is 11.8 Å². The van der Waals surface area contributed by atoms with Gasteiger partial charge in [-0.2, -0.15) is 0 Å². The van der Waals surface area contributed by atoms with Gasteiger partial charge >= 0.3 is 0 Å². The average molecular weight is 1150 g/mol. The molecule has 3 heterocycles. The maximum Gasteiger partial charge on any atom is 0.251 e. The topological polar surface area (TPSA) is 391 Å². The molecule has 24 nitrogen and oxygen atoms in total. The largest absolute Gasteiger partial charge is 0.506 e. The Morgan fingerprint density at radius 1 is 0.711 bits per heavy atom. The van der Waals surface area contributed by atoms with Crippen LogP contribution >= 0.6 is 0 Å². The number of nitrogen functional groups attached to an aromatic ring is 1. The van der Waals surface area contributed by atoms with Crippen molar-refractivity contribution in [3.63, 3.8) is 0 Å². The Labute approximate surface area is 479 Å². The monoisotopic (exact) mass is 1150 g/mol. The van der Waals surface area contributed by atoms with Crippen LogP contribution in [0.3, 0.4) is 0 Å². The third kappa shape index (κ3) is 15.0. The molecule has 0 bridgehead atoms. The summed E-state index contributed by atoms with van der Waals surface area (Å²) in [4.78, 5) is 102. The van der Waals surface area contributed by atoms with E-state index in [9.17, 15) is 79.5 Å². The van der Waals surface area contributed by atoms with E-state index in [-0.39, 0.29) is 23.4 Å². The highest BCUT2D eigenvalue weighted by atomic mass is 16.5. The van der Waals surface area contributed by atoms with Gasteiger partial charge in [0.25, 0.3) is 5.91 Å². The van der Waals surface area contributed by atoms with Gasteiger partial charge in [0.2, 0.25) is 29.5 Å². The molecule has 15 atom stereocenters.